The SMILES string of the molecule is COC(=O)C1CCC(C)N1Sc1ccc(F)cc1. The number of halogens is 1. The third kappa shape index (κ3) is 2.84. The maximum absolute atomic E-state index is 12.8. The van der Waals surface area contributed by atoms with Crippen molar-refractivity contribution in [2.24, 2.45) is 0 Å². The Bertz CT molecular complexity index is 424. The third-order valence-corrected chi connectivity index (χ3v) is 4.41. The molecule has 2 atom stereocenters. The number of ether oxygens (including phenoxy) is 1. The van der Waals surface area contributed by atoms with Gasteiger partial charge >= 0.3 is 5.97 Å². The minimum absolute atomic E-state index is 0.200. The van der Waals surface area contributed by atoms with Gasteiger partial charge in [0.15, 0.2) is 0 Å². The van der Waals surface area contributed by atoms with Gasteiger partial charge in [0.05, 0.1) is 7.11 Å². The normalized spacial score (nSPS) is 24.2. The summed E-state index contributed by atoms with van der Waals surface area (Å²) in [6.07, 6.45) is 1.77. The van der Waals surface area contributed by atoms with E-state index in [0.717, 1.165) is 17.7 Å². The standard InChI is InChI=1S/C13H16FNO2S/c1-9-3-8-12(13(16)17-2)15(9)18-11-6-4-10(14)5-7-11/h4-7,9,12H,3,8H2,1-2H3. The highest BCUT2D eigenvalue weighted by Crippen LogP contribution is 2.35. The molecule has 5 heteroatoms. The molecule has 0 amide bonds. The second-order valence-electron chi connectivity index (χ2n) is 4.37. The van der Waals surface area contributed by atoms with Crippen molar-refractivity contribution >= 4 is 17.9 Å². The summed E-state index contributed by atoms with van der Waals surface area (Å²) in [7, 11) is 1.41. The van der Waals surface area contributed by atoms with Crippen LogP contribution in [0.2, 0.25) is 0 Å². The fourth-order valence-corrected chi connectivity index (χ4v) is 3.19. The number of methoxy groups -OCH3 is 1. The molecule has 1 aliphatic rings. The number of carbonyl (C=O) groups is 1. The van der Waals surface area contributed by atoms with Crippen LogP contribution in [-0.4, -0.2) is 29.5 Å². The molecule has 0 bridgehead atoms. The summed E-state index contributed by atoms with van der Waals surface area (Å²) < 4.78 is 19.7. The van der Waals surface area contributed by atoms with Crippen LogP contribution in [0.25, 0.3) is 0 Å². The smallest absolute Gasteiger partial charge is 0.324 e. The molecule has 1 aromatic rings. The van der Waals surface area contributed by atoms with E-state index in [4.69, 9.17) is 4.74 Å². The lowest BCUT2D eigenvalue weighted by Crippen LogP contribution is -2.35. The van der Waals surface area contributed by atoms with Crippen molar-refractivity contribution in [2.75, 3.05) is 7.11 Å². The molecule has 0 N–H and O–H groups in total. The largest absolute Gasteiger partial charge is 0.468 e. The quantitative estimate of drug-likeness (QED) is 0.623. The van der Waals surface area contributed by atoms with Crippen LogP contribution in [0.5, 0.6) is 0 Å². The van der Waals surface area contributed by atoms with Gasteiger partial charge in [0.25, 0.3) is 0 Å². The van der Waals surface area contributed by atoms with Gasteiger partial charge in [-0.2, -0.15) is 0 Å². The van der Waals surface area contributed by atoms with E-state index >= 15 is 0 Å². The van der Waals surface area contributed by atoms with Gasteiger partial charge in [-0.25, -0.2) is 8.70 Å². The highest BCUT2D eigenvalue weighted by atomic mass is 32.2. The molecule has 1 saturated heterocycles. The maximum atomic E-state index is 12.8. The molecule has 3 nitrogen and oxygen atoms in total. The van der Waals surface area contributed by atoms with Crippen LogP contribution in [0, 0.1) is 5.82 Å². The van der Waals surface area contributed by atoms with Gasteiger partial charge in [-0.1, -0.05) is 0 Å². The number of hydrogen-bond acceptors (Lipinski definition) is 4. The van der Waals surface area contributed by atoms with Crippen molar-refractivity contribution in [1.82, 2.24) is 4.31 Å². The van der Waals surface area contributed by atoms with Gasteiger partial charge in [-0.05, 0) is 56.0 Å². The average molecular weight is 269 g/mol. The van der Waals surface area contributed by atoms with E-state index in [2.05, 4.69) is 6.92 Å². The van der Waals surface area contributed by atoms with E-state index in [1.165, 1.54) is 31.2 Å². The Kier molecular flexibility index (Phi) is 4.24. The zero-order valence-corrected chi connectivity index (χ0v) is 11.2. The van der Waals surface area contributed by atoms with E-state index in [1.54, 1.807) is 12.1 Å². The minimum atomic E-state index is -0.252. The molecule has 2 unspecified atom stereocenters. The summed E-state index contributed by atoms with van der Waals surface area (Å²) in [5.74, 6) is -0.452. The lowest BCUT2D eigenvalue weighted by atomic mass is 10.2. The number of rotatable bonds is 3. The van der Waals surface area contributed by atoms with Gasteiger partial charge in [0.1, 0.15) is 11.9 Å². The molecular weight excluding hydrogens is 253 g/mol. The fourth-order valence-electron chi connectivity index (χ4n) is 2.09. The van der Waals surface area contributed by atoms with Crippen molar-refractivity contribution in [3.05, 3.63) is 30.1 Å². The van der Waals surface area contributed by atoms with E-state index in [1.807, 2.05) is 4.31 Å². The lowest BCUT2D eigenvalue weighted by molar-refractivity contribution is -0.144. The van der Waals surface area contributed by atoms with E-state index in [-0.39, 0.29) is 17.8 Å². The first kappa shape index (κ1) is 13.4. The van der Waals surface area contributed by atoms with Crippen LogP contribution in [0.3, 0.4) is 0 Å². The van der Waals surface area contributed by atoms with Gasteiger partial charge in [-0.15, -0.1) is 0 Å². The Labute approximate surface area is 110 Å². The van der Waals surface area contributed by atoms with E-state index in [9.17, 15) is 9.18 Å². The highest BCUT2D eigenvalue weighted by Gasteiger charge is 2.37. The first-order chi connectivity index (χ1) is 8.61. The second-order valence-corrected chi connectivity index (χ2v) is 5.45. The van der Waals surface area contributed by atoms with Crippen LogP contribution >= 0.6 is 11.9 Å². The van der Waals surface area contributed by atoms with Crippen molar-refractivity contribution < 1.29 is 13.9 Å². The van der Waals surface area contributed by atoms with Crippen LogP contribution < -0.4 is 0 Å². The number of benzene rings is 1. The van der Waals surface area contributed by atoms with Gasteiger partial charge < -0.3 is 4.74 Å². The highest BCUT2D eigenvalue weighted by molar-refractivity contribution is 7.97. The topological polar surface area (TPSA) is 29.5 Å². The zero-order valence-electron chi connectivity index (χ0n) is 10.4. The van der Waals surface area contributed by atoms with Crippen LogP contribution in [0.1, 0.15) is 19.8 Å². The molecule has 1 aromatic carbocycles. The summed E-state index contributed by atoms with van der Waals surface area (Å²) in [5.41, 5.74) is 0. The number of carbonyl (C=O) groups excluding carboxylic acids is 1. The molecule has 0 spiro atoms. The molecule has 0 radical (unpaired) electrons. The molecular formula is C13H16FNO2S. The summed E-state index contributed by atoms with van der Waals surface area (Å²) in [4.78, 5) is 12.6. The molecule has 0 aromatic heterocycles. The summed E-state index contributed by atoms with van der Waals surface area (Å²) in [6, 6.07) is 6.40. The fraction of sp³-hybridized carbons (Fsp3) is 0.462. The molecule has 0 aliphatic carbocycles. The van der Waals surface area contributed by atoms with Gasteiger partial charge in [0, 0.05) is 10.9 Å². The Balaban J connectivity index is 2.10. The van der Waals surface area contributed by atoms with Crippen molar-refractivity contribution in [3.8, 4) is 0 Å². The number of esters is 1. The van der Waals surface area contributed by atoms with Crippen molar-refractivity contribution in [2.45, 2.75) is 36.7 Å². The molecule has 0 saturated carbocycles. The van der Waals surface area contributed by atoms with Crippen LogP contribution in [0.15, 0.2) is 29.2 Å². The number of hydrogen-bond donors (Lipinski definition) is 0. The third-order valence-electron chi connectivity index (χ3n) is 3.10. The van der Waals surface area contributed by atoms with Crippen LogP contribution in [-0.2, 0) is 9.53 Å². The average Bonchev–Trinajstić information content (AvgIpc) is 2.73. The number of nitrogens with zero attached hydrogens (tertiary/aromatic N) is 1. The second kappa shape index (κ2) is 5.71. The Morgan fingerprint density at radius 1 is 1.39 bits per heavy atom. The first-order valence-corrected chi connectivity index (χ1v) is 6.69. The lowest BCUT2D eigenvalue weighted by Gasteiger charge is -2.25. The Hall–Kier alpha value is -1.07. The molecule has 1 aliphatic heterocycles. The molecule has 98 valence electrons. The van der Waals surface area contributed by atoms with Gasteiger partial charge in [-0.3, -0.25) is 4.79 Å². The van der Waals surface area contributed by atoms with Crippen LogP contribution in [0.4, 0.5) is 4.39 Å². The monoisotopic (exact) mass is 269 g/mol. The summed E-state index contributed by atoms with van der Waals surface area (Å²) in [5, 5.41) is 0. The van der Waals surface area contributed by atoms with Crippen molar-refractivity contribution in [3.63, 3.8) is 0 Å². The zero-order chi connectivity index (χ0) is 13.1. The Morgan fingerprint density at radius 2 is 2.06 bits per heavy atom. The summed E-state index contributed by atoms with van der Waals surface area (Å²) in [6.45, 7) is 2.08. The summed E-state index contributed by atoms with van der Waals surface area (Å²) >= 11 is 1.49. The predicted molar refractivity (Wildman–Crippen MR) is 68.6 cm³/mol. The van der Waals surface area contributed by atoms with Crippen molar-refractivity contribution in [1.29, 1.82) is 0 Å². The molecule has 1 fully saturated rings. The van der Waals surface area contributed by atoms with Gasteiger partial charge in [0.2, 0.25) is 0 Å². The Morgan fingerprint density at radius 3 is 2.67 bits per heavy atom. The maximum Gasteiger partial charge on any atom is 0.324 e. The predicted octanol–water partition coefficient (Wildman–Crippen LogP) is 2.86. The van der Waals surface area contributed by atoms with E-state index in [0.29, 0.717) is 6.04 Å². The van der Waals surface area contributed by atoms with E-state index < -0.39 is 0 Å². The first-order valence-electron chi connectivity index (χ1n) is 5.91. The molecule has 1 heterocycles. The minimum Gasteiger partial charge on any atom is -0.468 e. The molecule has 2 rings (SSSR count). The molecule has 18 heavy (non-hydrogen) atoms.